The second-order valence-corrected chi connectivity index (χ2v) is 3.62. The van der Waals surface area contributed by atoms with E-state index in [1.54, 1.807) is 20.8 Å². The van der Waals surface area contributed by atoms with E-state index in [9.17, 15) is 9.59 Å². The van der Waals surface area contributed by atoms with Crippen LogP contribution >= 0.6 is 0 Å². The van der Waals surface area contributed by atoms with E-state index in [0.29, 0.717) is 6.42 Å². The third kappa shape index (κ3) is 3.98. The normalized spacial score (nSPS) is 11.9. The lowest BCUT2D eigenvalue weighted by Crippen LogP contribution is -2.45. The zero-order valence-corrected chi connectivity index (χ0v) is 9.36. The number of primary amides is 1. The number of carbonyl (C=O) groups excluding carboxylic acids is 2. The van der Waals surface area contributed by atoms with Crippen LogP contribution in [0.1, 0.15) is 27.2 Å². The predicted molar refractivity (Wildman–Crippen MR) is 55.4 cm³/mol. The van der Waals surface area contributed by atoms with Crippen LogP contribution in [0.15, 0.2) is 0 Å². The second kappa shape index (κ2) is 6.02. The molecule has 0 radical (unpaired) electrons. The standard InChI is InChI=1S/C10H17N3O2/c1-4-8(5-11)10(15)13(7(2)3)6-9(12)14/h7-8H,4,6H2,1-3H3,(H2,12,14). The van der Waals surface area contributed by atoms with Crippen molar-refractivity contribution in [1.29, 1.82) is 5.26 Å². The molecule has 0 rings (SSSR count). The van der Waals surface area contributed by atoms with Gasteiger partial charge in [-0.05, 0) is 20.3 Å². The van der Waals surface area contributed by atoms with Gasteiger partial charge in [-0.3, -0.25) is 9.59 Å². The molecular formula is C10H17N3O2. The highest BCUT2D eigenvalue weighted by Crippen LogP contribution is 2.09. The Morgan fingerprint density at radius 2 is 2.00 bits per heavy atom. The summed E-state index contributed by atoms with van der Waals surface area (Å²) in [5.41, 5.74) is 5.04. The first-order chi connectivity index (χ1) is 6.93. The van der Waals surface area contributed by atoms with E-state index in [-0.39, 0.29) is 18.5 Å². The average Bonchev–Trinajstić information content (AvgIpc) is 2.15. The Hall–Kier alpha value is -1.57. The van der Waals surface area contributed by atoms with Crippen molar-refractivity contribution in [2.45, 2.75) is 33.2 Å². The van der Waals surface area contributed by atoms with Crippen molar-refractivity contribution in [3.8, 4) is 6.07 Å². The van der Waals surface area contributed by atoms with Gasteiger partial charge in [0.15, 0.2) is 0 Å². The Labute approximate surface area is 89.8 Å². The molecule has 0 aliphatic carbocycles. The summed E-state index contributed by atoms with van der Waals surface area (Å²) in [4.78, 5) is 23.9. The molecule has 0 aromatic heterocycles. The fourth-order valence-electron chi connectivity index (χ4n) is 1.20. The van der Waals surface area contributed by atoms with Gasteiger partial charge in [0, 0.05) is 6.04 Å². The van der Waals surface area contributed by atoms with Crippen LogP contribution in [0.3, 0.4) is 0 Å². The molecule has 2 N–H and O–H groups in total. The van der Waals surface area contributed by atoms with Gasteiger partial charge in [0.05, 0.1) is 12.6 Å². The monoisotopic (exact) mass is 211 g/mol. The Bertz CT molecular complexity index is 281. The molecule has 0 aromatic rings. The summed E-state index contributed by atoms with van der Waals surface area (Å²) in [7, 11) is 0. The quantitative estimate of drug-likeness (QED) is 0.707. The number of rotatable bonds is 5. The minimum atomic E-state index is -0.688. The lowest BCUT2D eigenvalue weighted by molar-refractivity contribution is -0.139. The first-order valence-corrected chi connectivity index (χ1v) is 4.92. The molecule has 2 amide bonds. The topological polar surface area (TPSA) is 87.2 Å². The van der Waals surface area contributed by atoms with E-state index in [4.69, 9.17) is 11.0 Å². The van der Waals surface area contributed by atoms with E-state index in [0.717, 1.165) is 0 Å². The van der Waals surface area contributed by atoms with Gasteiger partial charge in [-0.1, -0.05) is 6.92 Å². The van der Waals surface area contributed by atoms with Crippen molar-refractivity contribution < 1.29 is 9.59 Å². The van der Waals surface area contributed by atoms with Crippen LogP contribution in [0, 0.1) is 17.2 Å². The van der Waals surface area contributed by atoms with Crippen molar-refractivity contribution in [1.82, 2.24) is 4.90 Å². The summed E-state index contributed by atoms with van der Waals surface area (Å²) in [6.45, 7) is 5.19. The van der Waals surface area contributed by atoms with Gasteiger partial charge in [0.2, 0.25) is 11.8 Å². The molecular weight excluding hydrogens is 194 g/mol. The third-order valence-corrected chi connectivity index (χ3v) is 2.09. The molecule has 15 heavy (non-hydrogen) atoms. The number of nitrogens with two attached hydrogens (primary N) is 1. The number of nitriles is 1. The van der Waals surface area contributed by atoms with Gasteiger partial charge in [-0.2, -0.15) is 5.26 Å². The Morgan fingerprint density at radius 1 is 1.47 bits per heavy atom. The first kappa shape index (κ1) is 13.4. The van der Waals surface area contributed by atoms with Crippen molar-refractivity contribution in [2.24, 2.45) is 11.7 Å². The second-order valence-electron chi connectivity index (χ2n) is 3.62. The van der Waals surface area contributed by atoms with Crippen LogP contribution in [0.25, 0.3) is 0 Å². The zero-order chi connectivity index (χ0) is 12.0. The number of carbonyl (C=O) groups is 2. The molecule has 0 fully saturated rings. The highest BCUT2D eigenvalue weighted by Gasteiger charge is 2.25. The molecule has 1 atom stereocenters. The lowest BCUT2D eigenvalue weighted by atomic mass is 10.1. The SMILES string of the molecule is CCC(C#N)C(=O)N(CC(N)=O)C(C)C. The molecule has 0 aromatic carbocycles. The van der Waals surface area contributed by atoms with E-state index in [1.807, 2.05) is 6.07 Å². The molecule has 0 saturated heterocycles. The summed E-state index contributed by atoms with van der Waals surface area (Å²) in [6, 6.07) is 1.78. The molecule has 0 bridgehead atoms. The van der Waals surface area contributed by atoms with Gasteiger partial charge < -0.3 is 10.6 Å². The predicted octanol–water partition coefficient (Wildman–Crippen LogP) is 0.258. The van der Waals surface area contributed by atoms with Gasteiger partial charge in [-0.25, -0.2) is 0 Å². The fourth-order valence-corrected chi connectivity index (χ4v) is 1.20. The zero-order valence-electron chi connectivity index (χ0n) is 9.36. The maximum absolute atomic E-state index is 11.8. The molecule has 0 saturated carbocycles. The van der Waals surface area contributed by atoms with E-state index >= 15 is 0 Å². The van der Waals surface area contributed by atoms with Gasteiger partial charge in [0.25, 0.3) is 0 Å². The van der Waals surface area contributed by atoms with Crippen molar-refractivity contribution >= 4 is 11.8 Å². The Kier molecular flexibility index (Phi) is 5.39. The minimum Gasteiger partial charge on any atom is -0.368 e. The number of amides is 2. The summed E-state index contributed by atoms with van der Waals surface area (Å²) in [5, 5.41) is 8.75. The van der Waals surface area contributed by atoms with Gasteiger partial charge in [-0.15, -0.1) is 0 Å². The molecule has 84 valence electrons. The van der Waals surface area contributed by atoms with Crippen LogP contribution in [-0.2, 0) is 9.59 Å². The summed E-state index contributed by atoms with van der Waals surface area (Å²) in [5.74, 6) is -1.58. The lowest BCUT2D eigenvalue weighted by Gasteiger charge is -2.26. The van der Waals surface area contributed by atoms with Crippen LogP contribution in [0.2, 0.25) is 0 Å². The molecule has 0 aliphatic heterocycles. The first-order valence-electron chi connectivity index (χ1n) is 4.92. The summed E-state index contributed by atoms with van der Waals surface area (Å²) >= 11 is 0. The molecule has 5 nitrogen and oxygen atoms in total. The van der Waals surface area contributed by atoms with Crippen molar-refractivity contribution in [2.75, 3.05) is 6.54 Å². The van der Waals surface area contributed by atoms with Gasteiger partial charge in [0.1, 0.15) is 5.92 Å². The van der Waals surface area contributed by atoms with Crippen LogP contribution in [0.5, 0.6) is 0 Å². The average molecular weight is 211 g/mol. The number of hydrogen-bond donors (Lipinski definition) is 1. The van der Waals surface area contributed by atoms with Crippen LogP contribution < -0.4 is 5.73 Å². The summed E-state index contributed by atoms with van der Waals surface area (Å²) < 4.78 is 0. The maximum Gasteiger partial charge on any atom is 0.240 e. The smallest absolute Gasteiger partial charge is 0.240 e. The highest BCUT2D eigenvalue weighted by molar-refractivity contribution is 5.86. The molecule has 0 aliphatic rings. The third-order valence-electron chi connectivity index (χ3n) is 2.09. The molecule has 0 heterocycles. The van der Waals surface area contributed by atoms with Crippen molar-refractivity contribution in [3.05, 3.63) is 0 Å². The van der Waals surface area contributed by atoms with Crippen LogP contribution in [0.4, 0.5) is 0 Å². The summed E-state index contributed by atoms with van der Waals surface area (Å²) in [6.07, 6.45) is 0.442. The molecule has 0 spiro atoms. The molecule has 1 unspecified atom stereocenters. The number of nitrogens with zero attached hydrogens (tertiary/aromatic N) is 2. The maximum atomic E-state index is 11.8. The van der Waals surface area contributed by atoms with E-state index in [1.165, 1.54) is 4.90 Å². The highest BCUT2D eigenvalue weighted by atomic mass is 16.2. The van der Waals surface area contributed by atoms with Gasteiger partial charge >= 0.3 is 0 Å². The number of hydrogen-bond acceptors (Lipinski definition) is 3. The van der Waals surface area contributed by atoms with E-state index in [2.05, 4.69) is 0 Å². The van der Waals surface area contributed by atoms with Crippen molar-refractivity contribution in [3.63, 3.8) is 0 Å². The van der Waals surface area contributed by atoms with E-state index < -0.39 is 11.8 Å². The largest absolute Gasteiger partial charge is 0.368 e. The minimum absolute atomic E-state index is 0.130. The molecule has 5 heteroatoms. The Balaban J connectivity index is 4.70. The Morgan fingerprint density at radius 3 is 2.27 bits per heavy atom. The fraction of sp³-hybridized carbons (Fsp3) is 0.700. The van der Waals surface area contributed by atoms with Crippen LogP contribution in [-0.4, -0.2) is 29.3 Å².